The highest BCUT2D eigenvalue weighted by Gasteiger charge is 2.34. The summed E-state index contributed by atoms with van der Waals surface area (Å²) in [5, 5.41) is 6.90. The molecular formula is C22H16ClFN4O3S. The number of thioether (sulfide) groups is 1. The van der Waals surface area contributed by atoms with Crippen molar-refractivity contribution in [3.63, 3.8) is 0 Å². The summed E-state index contributed by atoms with van der Waals surface area (Å²) in [6.45, 7) is 0.105. The molecule has 10 heteroatoms. The lowest BCUT2D eigenvalue weighted by Crippen LogP contribution is -2.37. The zero-order valence-corrected chi connectivity index (χ0v) is 18.1. The van der Waals surface area contributed by atoms with Crippen molar-refractivity contribution >= 4 is 46.5 Å². The summed E-state index contributed by atoms with van der Waals surface area (Å²) in [4.78, 5) is 38.5. The minimum absolute atomic E-state index is 0.0236. The lowest BCUT2D eigenvalue weighted by molar-refractivity contribution is -0.122. The molecule has 0 spiro atoms. The van der Waals surface area contributed by atoms with Crippen LogP contribution in [0.2, 0.25) is 5.02 Å². The van der Waals surface area contributed by atoms with Crippen LogP contribution >= 0.6 is 23.4 Å². The van der Waals surface area contributed by atoms with Crippen molar-refractivity contribution < 1.29 is 18.8 Å². The first kappa shape index (κ1) is 21.8. The van der Waals surface area contributed by atoms with E-state index in [0.29, 0.717) is 21.8 Å². The first-order valence-corrected chi connectivity index (χ1v) is 10.7. The summed E-state index contributed by atoms with van der Waals surface area (Å²) in [6, 6.07) is 12.7. The minimum atomic E-state index is -0.454. The molecule has 0 bridgehead atoms. The standard InChI is InChI=1S/C22H16ClFN4O3S/c23-17-3-1-2-4-18(17)28-13-15(12-26-28)20(29)25-9-10-27-21(30)19(32-22(27)31)11-14-5-7-16(24)8-6-14/h1-8,11-13H,9-10H2,(H,25,29)/b19-11-. The molecular weight excluding hydrogens is 455 g/mol. The van der Waals surface area contributed by atoms with Gasteiger partial charge >= 0.3 is 0 Å². The zero-order chi connectivity index (χ0) is 22.7. The number of nitrogens with one attached hydrogen (secondary N) is 1. The van der Waals surface area contributed by atoms with Gasteiger partial charge < -0.3 is 5.32 Å². The molecule has 0 unspecified atom stereocenters. The monoisotopic (exact) mass is 470 g/mol. The predicted octanol–water partition coefficient (Wildman–Crippen LogP) is 4.13. The van der Waals surface area contributed by atoms with E-state index in [-0.39, 0.29) is 23.8 Å². The Hall–Kier alpha value is -3.43. The number of carbonyl (C=O) groups excluding carboxylic acids is 3. The second-order valence-corrected chi connectivity index (χ2v) is 8.17. The first-order valence-electron chi connectivity index (χ1n) is 9.51. The molecule has 1 saturated heterocycles. The van der Waals surface area contributed by atoms with Crippen LogP contribution in [0.15, 0.2) is 65.8 Å². The van der Waals surface area contributed by atoms with Crippen LogP contribution in [0, 0.1) is 5.82 Å². The molecule has 1 N–H and O–H groups in total. The van der Waals surface area contributed by atoms with Gasteiger partial charge in [0.1, 0.15) is 5.82 Å². The van der Waals surface area contributed by atoms with Crippen LogP contribution in [0.3, 0.4) is 0 Å². The van der Waals surface area contributed by atoms with E-state index in [9.17, 15) is 18.8 Å². The van der Waals surface area contributed by atoms with Crippen molar-refractivity contribution in [3.05, 3.63) is 87.8 Å². The molecule has 1 aliphatic heterocycles. The summed E-state index contributed by atoms with van der Waals surface area (Å²) in [5.41, 5.74) is 1.56. The van der Waals surface area contributed by atoms with Gasteiger partial charge in [-0.3, -0.25) is 19.3 Å². The highest BCUT2D eigenvalue weighted by molar-refractivity contribution is 8.18. The summed E-state index contributed by atoms with van der Waals surface area (Å²) in [6.07, 6.45) is 4.48. The van der Waals surface area contributed by atoms with Crippen molar-refractivity contribution in [2.24, 2.45) is 0 Å². The first-order chi connectivity index (χ1) is 15.4. The summed E-state index contributed by atoms with van der Waals surface area (Å²) in [7, 11) is 0. The lowest BCUT2D eigenvalue weighted by atomic mass is 10.2. The average molecular weight is 471 g/mol. The number of hydrogen-bond donors (Lipinski definition) is 1. The molecule has 2 heterocycles. The number of hydrogen-bond acceptors (Lipinski definition) is 5. The maximum absolute atomic E-state index is 13.0. The van der Waals surface area contributed by atoms with Gasteiger partial charge in [0, 0.05) is 19.3 Å². The fraction of sp³-hybridized carbons (Fsp3) is 0.0909. The third-order valence-corrected chi connectivity index (χ3v) is 5.83. The van der Waals surface area contributed by atoms with E-state index < -0.39 is 17.1 Å². The molecule has 1 aromatic heterocycles. The van der Waals surface area contributed by atoms with Crippen molar-refractivity contribution in [2.75, 3.05) is 13.1 Å². The fourth-order valence-corrected chi connectivity index (χ4v) is 4.08. The Labute approximate surface area is 191 Å². The van der Waals surface area contributed by atoms with Crippen LogP contribution in [0.1, 0.15) is 15.9 Å². The fourth-order valence-electron chi connectivity index (χ4n) is 3.00. The maximum atomic E-state index is 13.0. The van der Waals surface area contributed by atoms with Crippen molar-refractivity contribution in [1.82, 2.24) is 20.0 Å². The van der Waals surface area contributed by atoms with Gasteiger partial charge in [-0.2, -0.15) is 5.10 Å². The number of rotatable bonds is 6. The predicted molar refractivity (Wildman–Crippen MR) is 120 cm³/mol. The summed E-state index contributed by atoms with van der Waals surface area (Å²) in [5.74, 6) is -1.23. The third-order valence-electron chi connectivity index (χ3n) is 4.61. The number of halogens is 2. The number of nitrogens with zero attached hydrogens (tertiary/aromatic N) is 3. The van der Waals surface area contributed by atoms with E-state index in [2.05, 4.69) is 10.4 Å². The molecule has 0 aliphatic carbocycles. The largest absolute Gasteiger partial charge is 0.350 e. The molecule has 3 amide bonds. The second kappa shape index (κ2) is 9.37. The van der Waals surface area contributed by atoms with Crippen molar-refractivity contribution in [3.8, 4) is 5.69 Å². The number of amides is 3. The van der Waals surface area contributed by atoms with Crippen LogP contribution < -0.4 is 5.32 Å². The Morgan fingerprint density at radius 3 is 2.66 bits per heavy atom. The number of imide groups is 1. The zero-order valence-electron chi connectivity index (χ0n) is 16.5. The molecule has 162 valence electrons. The Bertz CT molecular complexity index is 1230. The van der Waals surface area contributed by atoms with E-state index in [4.69, 9.17) is 11.6 Å². The lowest BCUT2D eigenvalue weighted by Gasteiger charge is -2.12. The van der Waals surface area contributed by atoms with Crippen LogP contribution in [-0.4, -0.2) is 44.8 Å². The molecule has 0 radical (unpaired) electrons. The van der Waals surface area contributed by atoms with Gasteiger partial charge in [-0.25, -0.2) is 9.07 Å². The molecule has 0 saturated carbocycles. The minimum Gasteiger partial charge on any atom is -0.350 e. The van der Waals surface area contributed by atoms with Gasteiger partial charge in [0.25, 0.3) is 17.1 Å². The van der Waals surface area contributed by atoms with Gasteiger partial charge in [-0.1, -0.05) is 35.9 Å². The SMILES string of the molecule is O=C(NCCN1C(=O)S/C(=C\c2ccc(F)cc2)C1=O)c1cnn(-c2ccccc2Cl)c1. The number of carbonyl (C=O) groups is 3. The van der Waals surface area contributed by atoms with Crippen LogP contribution in [-0.2, 0) is 4.79 Å². The molecule has 2 aromatic carbocycles. The van der Waals surface area contributed by atoms with Gasteiger partial charge in [0.15, 0.2) is 0 Å². The quantitative estimate of drug-likeness (QED) is 0.547. The van der Waals surface area contributed by atoms with E-state index in [1.807, 2.05) is 6.07 Å². The maximum Gasteiger partial charge on any atom is 0.293 e. The average Bonchev–Trinajstić information content (AvgIpc) is 3.36. The van der Waals surface area contributed by atoms with Crippen LogP contribution in [0.5, 0.6) is 0 Å². The smallest absolute Gasteiger partial charge is 0.293 e. The van der Waals surface area contributed by atoms with E-state index in [1.165, 1.54) is 41.2 Å². The second-order valence-electron chi connectivity index (χ2n) is 6.77. The highest BCUT2D eigenvalue weighted by Crippen LogP contribution is 2.31. The molecule has 32 heavy (non-hydrogen) atoms. The third kappa shape index (κ3) is 4.74. The Balaban J connectivity index is 1.35. The Kier molecular flexibility index (Phi) is 6.38. The Morgan fingerprint density at radius 1 is 1.16 bits per heavy atom. The van der Waals surface area contributed by atoms with Gasteiger partial charge in [-0.15, -0.1) is 0 Å². The molecule has 1 aliphatic rings. The van der Waals surface area contributed by atoms with Gasteiger partial charge in [-0.05, 0) is 47.7 Å². The summed E-state index contributed by atoms with van der Waals surface area (Å²) < 4.78 is 14.5. The van der Waals surface area contributed by atoms with Crippen molar-refractivity contribution in [2.45, 2.75) is 0 Å². The van der Waals surface area contributed by atoms with Crippen molar-refractivity contribution in [1.29, 1.82) is 0 Å². The normalized spacial score (nSPS) is 14.9. The number of benzene rings is 2. The van der Waals surface area contributed by atoms with Gasteiger partial charge in [0.05, 0.1) is 27.4 Å². The molecule has 0 atom stereocenters. The number of aromatic nitrogens is 2. The molecule has 7 nitrogen and oxygen atoms in total. The van der Waals surface area contributed by atoms with Crippen LogP contribution in [0.4, 0.5) is 9.18 Å². The highest BCUT2D eigenvalue weighted by atomic mass is 35.5. The van der Waals surface area contributed by atoms with E-state index in [1.54, 1.807) is 24.4 Å². The van der Waals surface area contributed by atoms with Gasteiger partial charge in [0.2, 0.25) is 0 Å². The topological polar surface area (TPSA) is 84.3 Å². The van der Waals surface area contributed by atoms with Crippen LogP contribution in [0.25, 0.3) is 11.8 Å². The molecule has 1 fully saturated rings. The van der Waals surface area contributed by atoms with E-state index in [0.717, 1.165) is 16.7 Å². The molecule has 3 aromatic rings. The number of para-hydroxylation sites is 1. The Morgan fingerprint density at radius 2 is 1.91 bits per heavy atom. The molecule has 4 rings (SSSR count). The summed E-state index contributed by atoms with van der Waals surface area (Å²) >= 11 is 6.95. The van der Waals surface area contributed by atoms with E-state index >= 15 is 0 Å².